The zero-order valence-corrected chi connectivity index (χ0v) is 11.3. The van der Waals surface area contributed by atoms with Crippen LogP contribution in [0.3, 0.4) is 0 Å². The minimum atomic E-state index is -0.746. The molecule has 0 aromatic heterocycles. The number of amides is 2. The molecule has 1 fully saturated rings. The van der Waals surface area contributed by atoms with E-state index >= 15 is 0 Å². The van der Waals surface area contributed by atoms with Crippen molar-refractivity contribution in [1.82, 2.24) is 10.2 Å². The van der Waals surface area contributed by atoms with Gasteiger partial charge in [-0.1, -0.05) is 13.0 Å². The quantitative estimate of drug-likeness (QED) is 0.915. The van der Waals surface area contributed by atoms with E-state index in [-0.39, 0.29) is 23.9 Å². The SMILES string of the molecule is CCC1NC(=O)C(C)N(Cc2c(F)cccc2F)C1=O. The van der Waals surface area contributed by atoms with Crippen molar-refractivity contribution >= 4 is 11.8 Å². The molecule has 1 aromatic carbocycles. The molecule has 0 spiro atoms. The summed E-state index contributed by atoms with van der Waals surface area (Å²) < 4.78 is 27.3. The first-order valence-corrected chi connectivity index (χ1v) is 6.49. The van der Waals surface area contributed by atoms with Crippen LogP contribution < -0.4 is 5.32 Å². The second-order valence-corrected chi connectivity index (χ2v) is 4.81. The monoisotopic (exact) mass is 282 g/mol. The molecule has 0 aliphatic carbocycles. The molecule has 2 atom stereocenters. The topological polar surface area (TPSA) is 49.4 Å². The van der Waals surface area contributed by atoms with Crippen molar-refractivity contribution in [3.63, 3.8) is 0 Å². The van der Waals surface area contributed by atoms with Crippen molar-refractivity contribution in [1.29, 1.82) is 0 Å². The van der Waals surface area contributed by atoms with E-state index in [9.17, 15) is 18.4 Å². The Morgan fingerprint density at radius 2 is 1.85 bits per heavy atom. The van der Waals surface area contributed by atoms with Crippen LogP contribution in [0.25, 0.3) is 0 Å². The molecule has 4 nitrogen and oxygen atoms in total. The first-order chi connectivity index (χ1) is 9.45. The summed E-state index contributed by atoms with van der Waals surface area (Å²) >= 11 is 0. The molecule has 0 bridgehead atoms. The number of rotatable bonds is 3. The molecule has 108 valence electrons. The predicted octanol–water partition coefficient (Wildman–Crippen LogP) is 1.59. The first-order valence-electron chi connectivity index (χ1n) is 6.49. The molecule has 1 aliphatic heterocycles. The maximum absolute atomic E-state index is 13.7. The molecule has 1 N–H and O–H groups in total. The standard InChI is InChI=1S/C14H16F2N2O2/c1-3-12-14(20)18(8(2)13(19)17-12)7-9-10(15)5-4-6-11(9)16/h4-6,8,12H,3,7H2,1-2H3,(H,17,19). The van der Waals surface area contributed by atoms with Crippen molar-refractivity contribution in [3.05, 3.63) is 35.4 Å². The Labute approximate surface area is 115 Å². The summed E-state index contributed by atoms with van der Waals surface area (Å²) in [6.45, 7) is 3.06. The highest BCUT2D eigenvalue weighted by Gasteiger charge is 2.37. The Morgan fingerprint density at radius 3 is 2.40 bits per heavy atom. The molecule has 1 aliphatic rings. The van der Waals surface area contributed by atoms with Gasteiger partial charge in [-0.2, -0.15) is 0 Å². The average molecular weight is 282 g/mol. The minimum Gasteiger partial charge on any atom is -0.343 e. The highest BCUT2D eigenvalue weighted by Crippen LogP contribution is 2.19. The lowest BCUT2D eigenvalue weighted by atomic mass is 10.0. The molecule has 1 aromatic rings. The van der Waals surface area contributed by atoms with Crippen LogP contribution in [0.15, 0.2) is 18.2 Å². The Kier molecular flexibility index (Phi) is 4.01. The number of carbonyl (C=O) groups excluding carboxylic acids is 2. The van der Waals surface area contributed by atoms with Gasteiger partial charge in [0, 0.05) is 5.56 Å². The van der Waals surface area contributed by atoms with Gasteiger partial charge >= 0.3 is 0 Å². The van der Waals surface area contributed by atoms with Gasteiger partial charge in [-0.3, -0.25) is 9.59 Å². The van der Waals surface area contributed by atoms with Gasteiger partial charge in [-0.05, 0) is 25.5 Å². The van der Waals surface area contributed by atoms with Gasteiger partial charge in [0.25, 0.3) is 0 Å². The molecule has 20 heavy (non-hydrogen) atoms. The number of piperazine rings is 1. The molecule has 0 saturated carbocycles. The number of carbonyl (C=O) groups is 2. The largest absolute Gasteiger partial charge is 0.343 e. The van der Waals surface area contributed by atoms with E-state index in [2.05, 4.69) is 5.32 Å². The van der Waals surface area contributed by atoms with Gasteiger partial charge in [-0.15, -0.1) is 0 Å². The fraction of sp³-hybridized carbons (Fsp3) is 0.429. The van der Waals surface area contributed by atoms with Crippen LogP contribution in [0, 0.1) is 11.6 Å². The summed E-state index contributed by atoms with van der Waals surface area (Å²) in [4.78, 5) is 25.2. The predicted molar refractivity (Wildman–Crippen MR) is 68.6 cm³/mol. The van der Waals surface area contributed by atoms with Crippen LogP contribution in [0.1, 0.15) is 25.8 Å². The Balaban J connectivity index is 2.30. The van der Waals surface area contributed by atoms with E-state index in [1.165, 1.54) is 17.9 Å². The smallest absolute Gasteiger partial charge is 0.246 e. The maximum Gasteiger partial charge on any atom is 0.246 e. The molecule has 1 heterocycles. The number of hydrogen-bond acceptors (Lipinski definition) is 2. The van der Waals surface area contributed by atoms with E-state index in [1.807, 2.05) is 0 Å². The van der Waals surface area contributed by atoms with Crippen LogP contribution >= 0.6 is 0 Å². The second-order valence-electron chi connectivity index (χ2n) is 4.81. The lowest BCUT2D eigenvalue weighted by molar-refractivity contribution is -0.149. The molecule has 0 radical (unpaired) electrons. The second kappa shape index (κ2) is 5.56. The van der Waals surface area contributed by atoms with Gasteiger partial charge in [0.2, 0.25) is 11.8 Å². The summed E-state index contributed by atoms with van der Waals surface area (Å²) in [6, 6.07) is 2.15. The van der Waals surface area contributed by atoms with E-state index in [0.29, 0.717) is 6.42 Å². The highest BCUT2D eigenvalue weighted by atomic mass is 19.1. The molecular weight excluding hydrogens is 266 g/mol. The Bertz CT molecular complexity index is 528. The van der Waals surface area contributed by atoms with Gasteiger partial charge in [0.05, 0.1) is 6.54 Å². The Morgan fingerprint density at radius 1 is 1.25 bits per heavy atom. The van der Waals surface area contributed by atoms with Crippen LogP contribution in [0.2, 0.25) is 0 Å². The lowest BCUT2D eigenvalue weighted by Crippen LogP contribution is -2.61. The summed E-state index contributed by atoms with van der Waals surface area (Å²) in [5, 5.41) is 2.59. The van der Waals surface area contributed by atoms with Crippen molar-refractivity contribution < 1.29 is 18.4 Å². The van der Waals surface area contributed by atoms with E-state index in [0.717, 1.165) is 12.1 Å². The third-order valence-corrected chi connectivity index (χ3v) is 3.54. The third-order valence-electron chi connectivity index (χ3n) is 3.54. The Hall–Kier alpha value is -1.98. The molecule has 6 heteroatoms. The van der Waals surface area contributed by atoms with Crippen LogP contribution in [0.4, 0.5) is 8.78 Å². The summed E-state index contributed by atoms with van der Waals surface area (Å²) in [7, 11) is 0. The molecule has 2 amide bonds. The van der Waals surface area contributed by atoms with Gasteiger partial charge < -0.3 is 10.2 Å². The van der Waals surface area contributed by atoms with Crippen molar-refractivity contribution in [2.24, 2.45) is 0 Å². The lowest BCUT2D eigenvalue weighted by Gasteiger charge is -2.37. The van der Waals surface area contributed by atoms with Gasteiger partial charge in [-0.25, -0.2) is 8.78 Å². The minimum absolute atomic E-state index is 0.197. The molecule has 1 saturated heterocycles. The van der Waals surface area contributed by atoms with Crippen LogP contribution in [0.5, 0.6) is 0 Å². The number of nitrogens with one attached hydrogen (secondary N) is 1. The fourth-order valence-electron chi connectivity index (χ4n) is 2.23. The number of hydrogen-bond donors (Lipinski definition) is 1. The summed E-state index contributed by atoms with van der Waals surface area (Å²) in [6.07, 6.45) is 0.438. The van der Waals surface area contributed by atoms with Crippen LogP contribution in [-0.4, -0.2) is 28.8 Å². The normalized spacial score (nSPS) is 22.9. The van der Waals surface area contributed by atoms with Crippen molar-refractivity contribution in [2.75, 3.05) is 0 Å². The number of nitrogens with zero attached hydrogens (tertiary/aromatic N) is 1. The number of benzene rings is 1. The zero-order valence-electron chi connectivity index (χ0n) is 11.3. The first kappa shape index (κ1) is 14.4. The third kappa shape index (κ3) is 2.50. The van der Waals surface area contributed by atoms with Gasteiger partial charge in [0.1, 0.15) is 23.7 Å². The average Bonchev–Trinajstić information content (AvgIpc) is 2.41. The van der Waals surface area contributed by atoms with Gasteiger partial charge in [0.15, 0.2) is 0 Å². The zero-order chi connectivity index (χ0) is 14.9. The highest BCUT2D eigenvalue weighted by molar-refractivity contribution is 5.96. The van der Waals surface area contributed by atoms with E-state index < -0.39 is 23.7 Å². The van der Waals surface area contributed by atoms with Crippen molar-refractivity contribution in [2.45, 2.75) is 38.9 Å². The molecular formula is C14H16F2N2O2. The molecule has 2 unspecified atom stereocenters. The summed E-state index contributed by atoms with van der Waals surface area (Å²) in [5.41, 5.74) is -0.197. The maximum atomic E-state index is 13.7. The van der Waals surface area contributed by atoms with Crippen molar-refractivity contribution in [3.8, 4) is 0 Å². The summed E-state index contributed by atoms with van der Waals surface area (Å²) in [5.74, 6) is -2.07. The van der Waals surface area contributed by atoms with E-state index in [4.69, 9.17) is 0 Å². The van der Waals surface area contributed by atoms with Crippen LogP contribution in [-0.2, 0) is 16.1 Å². The fourth-order valence-corrected chi connectivity index (χ4v) is 2.23. The van der Waals surface area contributed by atoms with E-state index in [1.54, 1.807) is 6.92 Å². The molecule has 2 rings (SSSR count). The number of halogens is 2.